The minimum Gasteiger partial charge on any atom is -0.389 e. The summed E-state index contributed by atoms with van der Waals surface area (Å²) < 4.78 is 3.38. The van der Waals surface area contributed by atoms with E-state index in [0.717, 1.165) is 29.6 Å². The van der Waals surface area contributed by atoms with Crippen LogP contribution in [0.5, 0.6) is 0 Å². The van der Waals surface area contributed by atoms with Gasteiger partial charge in [0.25, 0.3) is 0 Å². The Kier molecular flexibility index (Phi) is 4.72. The van der Waals surface area contributed by atoms with Crippen molar-refractivity contribution in [1.29, 1.82) is 5.26 Å². The van der Waals surface area contributed by atoms with Gasteiger partial charge >= 0.3 is 0 Å². The molecule has 1 aliphatic carbocycles. The highest BCUT2D eigenvalue weighted by molar-refractivity contribution is 5.95. The predicted octanol–water partition coefficient (Wildman–Crippen LogP) is 3.19. The fourth-order valence-electron chi connectivity index (χ4n) is 3.68. The number of nitrogens with zero attached hydrogens (tertiary/aromatic N) is 6. The summed E-state index contributed by atoms with van der Waals surface area (Å²) in [5, 5.41) is 26.8. The maximum Gasteiger partial charge on any atom is 0.227 e. The molecule has 1 atom stereocenters. The van der Waals surface area contributed by atoms with Crippen LogP contribution < -0.4 is 5.32 Å². The maximum absolute atomic E-state index is 12.2. The van der Waals surface area contributed by atoms with Crippen molar-refractivity contribution in [3.63, 3.8) is 0 Å². The number of hydrogen-bond donors (Lipinski definition) is 2. The van der Waals surface area contributed by atoms with E-state index in [0.29, 0.717) is 22.9 Å². The average molecular weight is 427 g/mol. The fourth-order valence-corrected chi connectivity index (χ4v) is 3.68. The molecule has 32 heavy (non-hydrogen) atoms. The summed E-state index contributed by atoms with van der Waals surface area (Å²) in [5.74, 6) is 1.17. The van der Waals surface area contributed by atoms with Gasteiger partial charge in [0.15, 0.2) is 11.5 Å². The third-order valence-corrected chi connectivity index (χ3v) is 5.55. The highest BCUT2D eigenvalue weighted by Gasteiger charge is 2.29. The number of nitrogens with one attached hydrogen (secondary N) is 1. The Balaban J connectivity index is 1.60. The van der Waals surface area contributed by atoms with Gasteiger partial charge in [-0.2, -0.15) is 10.4 Å². The first kappa shape index (κ1) is 19.9. The topological polar surface area (TPSA) is 122 Å². The van der Waals surface area contributed by atoms with Gasteiger partial charge in [-0.25, -0.2) is 14.6 Å². The Bertz CT molecular complexity index is 1390. The van der Waals surface area contributed by atoms with Gasteiger partial charge in [0.1, 0.15) is 18.2 Å². The van der Waals surface area contributed by atoms with E-state index in [1.807, 2.05) is 35.8 Å². The molecule has 5 rings (SSSR count). The van der Waals surface area contributed by atoms with Gasteiger partial charge in [-0.3, -0.25) is 9.36 Å². The summed E-state index contributed by atoms with van der Waals surface area (Å²) in [5.41, 5.74) is 3.85. The van der Waals surface area contributed by atoms with Crippen LogP contribution in [0.25, 0.3) is 22.7 Å². The van der Waals surface area contributed by atoms with Crippen LogP contribution >= 0.6 is 0 Å². The summed E-state index contributed by atoms with van der Waals surface area (Å²) in [6.07, 6.45) is 2.77. The van der Waals surface area contributed by atoms with Crippen molar-refractivity contribution in [2.45, 2.75) is 32.8 Å². The van der Waals surface area contributed by atoms with E-state index in [1.54, 1.807) is 36.1 Å². The highest BCUT2D eigenvalue weighted by atomic mass is 16.3. The van der Waals surface area contributed by atoms with Crippen LogP contribution in [0.3, 0.4) is 0 Å². The molecule has 1 fully saturated rings. The standard InChI is InChI=1S/C23H21N7O2/c1-13-9-17(11-24)28-30(13)22-18(14(2)31)6-8-21(27-22)29-12-25-19-7-5-16(10-20(19)29)26-23(32)15-3-4-15/h5-10,12,14-15,31H,3-4H2,1-2H3,(H,26,32). The lowest BCUT2D eigenvalue weighted by atomic mass is 10.1. The van der Waals surface area contributed by atoms with Crippen molar-refractivity contribution >= 4 is 22.6 Å². The van der Waals surface area contributed by atoms with E-state index in [-0.39, 0.29) is 17.5 Å². The van der Waals surface area contributed by atoms with Gasteiger partial charge in [0.05, 0.1) is 17.1 Å². The number of aryl methyl sites for hydroxylation is 1. The molecule has 0 aliphatic heterocycles. The molecule has 0 spiro atoms. The lowest BCUT2D eigenvalue weighted by Gasteiger charge is -2.15. The molecule has 0 bridgehead atoms. The molecule has 1 saturated carbocycles. The maximum atomic E-state index is 12.2. The molecule has 4 aromatic rings. The number of amides is 1. The summed E-state index contributed by atoms with van der Waals surface area (Å²) >= 11 is 0. The van der Waals surface area contributed by atoms with Crippen molar-refractivity contribution in [3.8, 4) is 17.7 Å². The van der Waals surface area contributed by atoms with E-state index < -0.39 is 6.10 Å². The Morgan fingerprint density at radius 1 is 1.28 bits per heavy atom. The summed E-state index contributed by atoms with van der Waals surface area (Å²) in [6.45, 7) is 3.49. The second-order valence-corrected chi connectivity index (χ2v) is 8.03. The van der Waals surface area contributed by atoms with Gasteiger partial charge in [0, 0.05) is 22.9 Å². The zero-order valence-corrected chi connectivity index (χ0v) is 17.6. The molecule has 160 valence electrons. The minimum atomic E-state index is -0.774. The average Bonchev–Trinajstić information content (AvgIpc) is 3.45. The number of aliphatic hydroxyl groups is 1. The Morgan fingerprint density at radius 3 is 2.78 bits per heavy atom. The van der Waals surface area contributed by atoms with Crippen molar-refractivity contribution in [2.75, 3.05) is 5.32 Å². The van der Waals surface area contributed by atoms with Gasteiger partial charge in [-0.15, -0.1) is 0 Å². The van der Waals surface area contributed by atoms with Crippen LogP contribution in [-0.2, 0) is 4.79 Å². The Labute approximate surface area is 184 Å². The van der Waals surface area contributed by atoms with E-state index in [1.165, 1.54) is 0 Å². The van der Waals surface area contributed by atoms with Gasteiger partial charge in [-0.05, 0) is 63.1 Å². The number of fused-ring (bicyclic) bond motifs is 1. The van der Waals surface area contributed by atoms with Crippen molar-refractivity contribution in [2.24, 2.45) is 5.92 Å². The molecule has 0 saturated heterocycles. The Morgan fingerprint density at radius 2 is 2.09 bits per heavy atom. The largest absolute Gasteiger partial charge is 0.389 e. The van der Waals surface area contributed by atoms with Crippen LogP contribution in [0, 0.1) is 24.2 Å². The lowest BCUT2D eigenvalue weighted by Crippen LogP contribution is -2.13. The molecule has 1 aromatic carbocycles. The molecular weight excluding hydrogens is 406 g/mol. The molecule has 3 aromatic heterocycles. The number of hydrogen-bond acceptors (Lipinski definition) is 6. The van der Waals surface area contributed by atoms with E-state index in [2.05, 4.69) is 15.4 Å². The van der Waals surface area contributed by atoms with Crippen LogP contribution in [0.2, 0.25) is 0 Å². The zero-order valence-electron chi connectivity index (χ0n) is 17.6. The molecule has 2 N–H and O–H groups in total. The first-order chi connectivity index (χ1) is 15.4. The molecule has 1 amide bonds. The molecule has 9 heteroatoms. The lowest BCUT2D eigenvalue weighted by molar-refractivity contribution is -0.117. The summed E-state index contributed by atoms with van der Waals surface area (Å²) in [4.78, 5) is 21.4. The normalized spacial score (nSPS) is 14.3. The second kappa shape index (κ2) is 7.59. The van der Waals surface area contributed by atoms with Crippen LogP contribution in [0.15, 0.2) is 42.7 Å². The first-order valence-electron chi connectivity index (χ1n) is 10.4. The van der Waals surface area contributed by atoms with Crippen molar-refractivity contribution < 1.29 is 9.90 Å². The Hall–Kier alpha value is -4.03. The second-order valence-electron chi connectivity index (χ2n) is 8.03. The quantitative estimate of drug-likeness (QED) is 0.504. The van der Waals surface area contributed by atoms with E-state index in [9.17, 15) is 15.2 Å². The summed E-state index contributed by atoms with van der Waals surface area (Å²) in [7, 11) is 0. The van der Waals surface area contributed by atoms with Crippen LogP contribution in [-0.4, -0.2) is 35.3 Å². The molecule has 1 aliphatic rings. The van der Waals surface area contributed by atoms with E-state index in [4.69, 9.17) is 4.98 Å². The number of pyridine rings is 1. The van der Waals surface area contributed by atoms with E-state index >= 15 is 0 Å². The minimum absolute atomic E-state index is 0.0413. The van der Waals surface area contributed by atoms with Crippen LogP contribution in [0.4, 0.5) is 5.69 Å². The zero-order chi connectivity index (χ0) is 22.4. The number of aliphatic hydroxyl groups excluding tert-OH is 1. The number of carbonyl (C=O) groups is 1. The van der Waals surface area contributed by atoms with Crippen molar-refractivity contribution in [1.82, 2.24) is 24.3 Å². The predicted molar refractivity (Wildman–Crippen MR) is 117 cm³/mol. The van der Waals surface area contributed by atoms with Gasteiger partial charge in [0.2, 0.25) is 5.91 Å². The number of nitriles is 1. The highest BCUT2D eigenvalue weighted by Crippen LogP contribution is 2.31. The fraction of sp³-hybridized carbons (Fsp3) is 0.261. The summed E-state index contributed by atoms with van der Waals surface area (Å²) in [6, 6.07) is 12.9. The molecular formula is C23H21N7O2. The number of rotatable bonds is 5. The molecule has 0 radical (unpaired) electrons. The number of imidazole rings is 1. The number of aromatic nitrogens is 5. The van der Waals surface area contributed by atoms with Gasteiger partial charge < -0.3 is 10.4 Å². The third kappa shape index (κ3) is 3.50. The molecule has 1 unspecified atom stereocenters. The van der Waals surface area contributed by atoms with Gasteiger partial charge in [-0.1, -0.05) is 0 Å². The SMILES string of the molecule is Cc1cc(C#N)nn1-c1nc(-n2cnc3ccc(NC(=O)C4CC4)cc32)ccc1C(C)O. The monoisotopic (exact) mass is 427 g/mol. The number of anilines is 1. The molecule has 9 nitrogen and oxygen atoms in total. The van der Waals surface area contributed by atoms with Crippen molar-refractivity contribution in [3.05, 3.63) is 59.7 Å². The number of carbonyl (C=O) groups excluding carboxylic acids is 1. The van der Waals surface area contributed by atoms with Crippen LogP contribution in [0.1, 0.15) is 42.8 Å². The first-order valence-corrected chi connectivity index (χ1v) is 10.4. The smallest absolute Gasteiger partial charge is 0.227 e. The third-order valence-electron chi connectivity index (χ3n) is 5.55. The number of benzene rings is 1. The molecule has 3 heterocycles.